The number of imide groups is 1. The van der Waals surface area contributed by atoms with Gasteiger partial charge in [0.25, 0.3) is 5.91 Å². The average Bonchev–Trinajstić information content (AvgIpc) is 2.35. The van der Waals surface area contributed by atoms with Gasteiger partial charge in [-0.3, -0.25) is 10.1 Å². The van der Waals surface area contributed by atoms with Crippen molar-refractivity contribution in [2.24, 2.45) is 0 Å². The summed E-state index contributed by atoms with van der Waals surface area (Å²) in [6.07, 6.45) is -0.616. The number of nitrogens with one attached hydrogen (secondary N) is 3. The van der Waals surface area contributed by atoms with E-state index in [-0.39, 0.29) is 12.2 Å². The summed E-state index contributed by atoms with van der Waals surface area (Å²) in [5.74, 6) is -0.467. The van der Waals surface area contributed by atoms with Gasteiger partial charge >= 0.3 is 6.03 Å². The van der Waals surface area contributed by atoms with Gasteiger partial charge in [0.2, 0.25) is 0 Å². The SMILES string of the molecule is CNC(=O)NC(=O)C(C)OCC1CNCC(C)O1. The minimum absolute atomic E-state index is 0.0657. The molecule has 7 heteroatoms. The van der Waals surface area contributed by atoms with Crippen molar-refractivity contribution in [3.05, 3.63) is 0 Å². The molecule has 0 radical (unpaired) electrons. The summed E-state index contributed by atoms with van der Waals surface area (Å²) in [6.45, 7) is 5.41. The molecule has 1 aliphatic rings. The first-order chi connectivity index (χ1) is 8.52. The van der Waals surface area contributed by atoms with Crippen LogP contribution < -0.4 is 16.0 Å². The third kappa shape index (κ3) is 4.99. The Balaban J connectivity index is 2.25. The predicted molar refractivity (Wildman–Crippen MR) is 65.2 cm³/mol. The second-order valence-electron chi connectivity index (χ2n) is 4.27. The van der Waals surface area contributed by atoms with E-state index in [1.54, 1.807) is 6.92 Å². The van der Waals surface area contributed by atoms with Gasteiger partial charge in [-0.15, -0.1) is 0 Å². The Labute approximate surface area is 107 Å². The van der Waals surface area contributed by atoms with E-state index in [9.17, 15) is 9.59 Å². The zero-order valence-electron chi connectivity index (χ0n) is 11.0. The fourth-order valence-corrected chi connectivity index (χ4v) is 1.57. The molecular formula is C11H21N3O4. The van der Waals surface area contributed by atoms with Gasteiger partial charge in [0.05, 0.1) is 18.8 Å². The lowest BCUT2D eigenvalue weighted by molar-refractivity contribution is -0.135. The Kier molecular flexibility index (Phi) is 6.03. The summed E-state index contributed by atoms with van der Waals surface area (Å²) in [5, 5.41) is 7.67. The predicted octanol–water partition coefficient (Wildman–Crippen LogP) is -0.776. The van der Waals surface area contributed by atoms with Crippen molar-refractivity contribution >= 4 is 11.9 Å². The maximum Gasteiger partial charge on any atom is 0.321 e. The number of rotatable bonds is 4. The monoisotopic (exact) mass is 259 g/mol. The average molecular weight is 259 g/mol. The molecule has 1 heterocycles. The molecule has 104 valence electrons. The normalized spacial score (nSPS) is 25.3. The Bertz CT molecular complexity index is 298. The molecule has 18 heavy (non-hydrogen) atoms. The number of carbonyl (C=O) groups is 2. The molecular weight excluding hydrogens is 238 g/mol. The molecule has 0 bridgehead atoms. The molecule has 1 fully saturated rings. The van der Waals surface area contributed by atoms with Crippen LogP contribution in [0.15, 0.2) is 0 Å². The maximum absolute atomic E-state index is 11.5. The molecule has 1 saturated heterocycles. The topological polar surface area (TPSA) is 88.7 Å². The molecule has 0 saturated carbocycles. The van der Waals surface area contributed by atoms with Gasteiger partial charge in [0, 0.05) is 20.1 Å². The van der Waals surface area contributed by atoms with E-state index in [0.29, 0.717) is 13.2 Å². The van der Waals surface area contributed by atoms with Crippen molar-refractivity contribution in [2.75, 3.05) is 26.7 Å². The Morgan fingerprint density at radius 1 is 1.50 bits per heavy atom. The largest absolute Gasteiger partial charge is 0.370 e. The van der Waals surface area contributed by atoms with Crippen LogP contribution in [0.4, 0.5) is 4.79 Å². The van der Waals surface area contributed by atoms with Gasteiger partial charge in [0.15, 0.2) is 0 Å². The standard InChI is InChI=1S/C11H21N3O4/c1-7-4-13-5-9(18-7)6-17-8(2)10(15)14-11(16)12-3/h7-9,13H,4-6H2,1-3H3,(H2,12,14,15,16). The van der Waals surface area contributed by atoms with Crippen molar-refractivity contribution in [1.29, 1.82) is 0 Å². The molecule has 3 unspecified atom stereocenters. The van der Waals surface area contributed by atoms with Gasteiger partial charge in [-0.25, -0.2) is 4.79 Å². The third-order valence-electron chi connectivity index (χ3n) is 2.59. The van der Waals surface area contributed by atoms with E-state index in [4.69, 9.17) is 9.47 Å². The van der Waals surface area contributed by atoms with Crippen molar-refractivity contribution < 1.29 is 19.1 Å². The molecule has 3 amide bonds. The van der Waals surface area contributed by atoms with Gasteiger partial charge < -0.3 is 20.1 Å². The summed E-state index contributed by atoms with van der Waals surface area (Å²) in [6, 6.07) is -0.542. The van der Waals surface area contributed by atoms with Crippen LogP contribution in [0.25, 0.3) is 0 Å². The van der Waals surface area contributed by atoms with Gasteiger partial charge in [-0.05, 0) is 13.8 Å². The highest BCUT2D eigenvalue weighted by Crippen LogP contribution is 2.05. The Morgan fingerprint density at radius 3 is 2.83 bits per heavy atom. The zero-order chi connectivity index (χ0) is 13.5. The number of amides is 3. The molecule has 0 aliphatic carbocycles. The summed E-state index contributed by atoms with van der Waals surface area (Å²) in [4.78, 5) is 22.4. The van der Waals surface area contributed by atoms with E-state index in [2.05, 4.69) is 16.0 Å². The number of carbonyl (C=O) groups excluding carboxylic acids is 2. The maximum atomic E-state index is 11.5. The molecule has 1 aliphatic heterocycles. The fourth-order valence-electron chi connectivity index (χ4n) is 1.57. The minimum atomic E-state index is -0.692. The number of ether oxygens (including phenoxy) is 2. The second-order valence-corrected chi connectivity index (χ2v) is 4.27. The number of hydrogen-bond donors (Lipinski definition) is 3. The van der Waals surface area contributed by atoms with Crippen molar-refractivity contribution in [1.82, 2.24) is 16.0 Å². The summed E-state index contributed by atoms with van der Waals surface area (Å²) in [5.41, 5.74) is 0. The van der Waals surface area contributed by atoms with Crippen LogP contribution in [0, 0.1) is 0 Å². The molecule has 3 N–H and O–H groups in total. The van der Waals surface area contributed by atoms with Crippen LogP contribution in [0.5, 0.6) is 0 Å². The van der Waals surface area contributed by atoms with Crippen molar-refractivity contribution in [3.8, 4) is 0 Å². The zero-order valence-corrected chi connectivity index (χ0v) is 11.0. The van der Waals surface area contributed by atoms with Gasteiger partial charge in [-0.1, -0.05) is 0 Å². The molecule has 3 atom stereocenters. The third-order valence-corrected chi connectivity index (χ3v) is 2.59. The first-order valence-electron chi connectivity index (χ1n) is 6.03. The van der Waals surface area contributed by atoms with E-state index in [1.165, 1.54) is 7.05 Å². The van der Waals surface area contributed by atoms with E-state index in [1.807, 2.05) is 6.92 Å². The molecule has 0 aromatic carbocycles. The molecule has 7 nitrogen and oxygen atoms in total. The molecule has 0 aromatic heterocycles. The van der Waals surface area contributed by atoms with Crippen LogP contribution in [-0.4, -0.2) is 57.0 Å². The van der Waals surface area contributed by atoms with Crippen LogP contribution >= 0.6 is 0 Å². The molecule has 0 spiro atoms. The minimum Gasteiger partial charge on any atom is -0.370 e. The van der Waals surface area contributed by atoms with Crippen LogP contribution in [0.2, 0.25) is 0 Å². The Hall–Kier alpha value is -1.18. The fraction of sp³-hybridized carbons (Fsp3) is 0.818. The molecule has 0 aromatic rings. The van der Waals surface area contributed by atoms with E-state index < -0.39 is 18.0 Å². The highest BCUT2D eigenvalue weighted by Gasteiger charge is 2.22. The van der Waals surface area contributed by atoms with Gasteiger partial charge in [0.1, 0.15) is 6.10 Å². The lowest BCUT2D eigenvalue weighted by Gasteiger charge is -2.29. The first-order valence-corrected chi connectivity index (χ1v) is 6.03. The summed E-state index contributed by atoms with van der Waals surface area (Å²) >= 11 is 0. The lowest BCUT2D eigenvalue weighted by atomic mass is 10.2. The lowest BCUT2D eigenvalue weighted by Crippen LogP contribution is -2.47. The quantitative estimate of drug-likeness (QED) is 0.616. The van der Waals surface area contributed by atoms with Crippen LogP contribution in [-0.2, 0) is 14.3 Å². The van der Waals surface area contributed by atoms with E-state index in [0.717, 1.165) is 6.54 Å². The molecule has 1 rings (SSSR count). The second kappa shape index (κ2) is 7.30. The number of hydrogen-bond acceptors (Lipinski definition) is 5. The van der Waals surface area contributed by atoms with Crippen molar-refractivity contribution in [3.63, 3.8) is 0 Å². The van der Waals surface area contributed by atoms with Crippen LogP contribution in [0.3, 0.4) is 0 Å². The Morgan fingerprint density at radius 2 is 2.22 bits per heavy atom. The van der Waals surface area contributed by atoms with Crippen molar-refractivity contribution in [2.45, 2.75) is 32.2 Å². The van der Waals surface area contributed by atoms with E-state index >= 15 is 0 Å². The van der Waals surface area contributed by atoms with Crippen LogP contribution in [0.1, 0.15) is 13.8 Å². The number of morpholine rings is 1. The first kappa shape index (κ1) is 14.9. The summed E-state index contributed by atoms with van der Waals surface area (Å²) < 4.78 is 11.0. The highest BCUT2D eigenvalue weighted by molar-refractivity contribution is 5.96. The smallest absolute Gasteiger partial charge is 0.321 e. The summed E-state index contributed by atoms with van der Waals surface area (Å²) in [7, 11) is 1.44. The van der Waals surface area contributed by atoms with Gasteiger partial charge in [-0.2, -0.15) is 0 Å². The number of urea groups is 1. The highest BCUT2D eigenvalue weighted by atomic mass is 16.5.